The third kappa shape index (κ3) is 7.15. The van der Waals surface area contributed by atoms with Crippen LogP contribution in [-0.4, -0.2) is 37.8 Å². The lowest BCUT2D eigenvalue weighted by molar-refractivity contribution is -0.113. The van der Waals surface area contributed by atoms with E-state index in [0.717, 1.165) is 45.7 Å². The number of amides is 2. The molecule has 8 heteroatoms. The van der Waals surface area contributed by atoms with E-state index in [9.17, 15) is 14.4 Å². The Morgan fingerprint density at radius 1 is 0.971 bits per heavy atom. The lowest BCUT2D eigenvalue weighted by atomic mass is 9.85. The monoisotopic (exact) mass is 512 g/mol. The van der Waals surface area contributed by atoms with E-state index in [-0.39, 0.29) is 0 Å². The van der Waals surface area contributed by atoms with Crippen molar-refractivity contribution >= 4 is 47.6 Å². The SMILES string of the molecule is CNC1=C(SC=O)C[C@H]2[C@@H]3CC[C@@H](C3)[C@H]2S1.COc1ccccc1.O=CN(C=O)c1ccccc1. The van der Waals surface area contributed by atoms with Crippen LogP contribution in [0.15, 0.2) is 70.6 Å². The van der Waals surface area contributed by atoms with Crippen LogP contribution in [0.1, 0.15) is 25.7 Å². The van der Waals surface area contributed by atoms with Crippen LogP contribution in [0.2, 0.25) is 0 Å². The quantitative estimate of drug-likeness (QED) is 0.501. The number of ether oxygens (including phenoxy) is 1. The number of carbonyl (C=O) groups excluding carboxylic acids is 3. The summed E-state index contributed by atoms with van der Waals surface area (Å²) in [5.74, 6) is 3.66. The zero-order valence-electron chi connectivity index (χ0n) is 20.0. The van der Waals surface area contributed by atoms with Gasteiger partial charge in [0.25, 0.3) is 0 Å². The summed E-state index contributed by atoms with van der Waals surface area (Å²) in [6.07, 6.45) is 6.40. The fourth-order valence-electron chi connectivity index (χ4n) is 4.99. The molecule has 2 bridgehead atoms. The Morgan fingerprint density at radius 3 is 2.14 bits per heavy atom. The second-order valence-electron chi connectivity index (χ2n) is 8.47. The third-order valence-corrected chi connectivity index (χ3v) is 9.19. The maximum absolute atomic E-state index is 10.7. The molecule has 1 aliphatic heterocycles. The number of rotatable bonds is 7. The second-order valence-corrected chi connectivity index (χ2v) is 10.6. The van der Waals surface area contributed by atoms with E-state index < -0.39 is 0 Å². The van der Waals surface area contributed by atoms with Gasteiger partial charge in [-0.1, -0.05) is 48.2 Å². The number of hydrogen-bond acceptors (Lipinski definition) is 7. The lowest BCUT2D eigenvalue weighted by Gasteiger charge is -2.36. The first-order valence-corrected chi connectivity index (χ1v) is 13.4. The van der Waals surface area contributed by atoms with Crippen molar-refractivity contribution in [3.63, 3.8) is 0 Å². The van der Waals surface area contributed by atoms with Gasteiger partial charge in [0.05, 0.1) is 17.8 Å². The minimum atomic E-state index is 0.475. The van der Waals surface area contributed by atoms with Gasteiger partial charge in [-0.25, -0.2) is 0 Å². The number of nitrogens with one attached hydrogen (secondary N) is 1. The summed E-state index contributed by atoms with van der Waals surface area (Å²) in [7, 11) is 3.64. The van der Waals surface area contributed by atoms with Crippen molar-refractivity contribution in [2.45, 2.75) is 30.9 Å². The summed E-state index contributed by atoms with van der Waals surface area (Å²) in [6.45, 7) is 0. The van der Waals surface area contributed by atoms with Gasteiger partial charge in [0.2, 0.25) is 12.8 Å². The van der Waals surface area contributed by atoms with Crippen molar-refractivity contribution in [3.05, 3.63) is 70.6 Å². The fraction of sp³-hybridized carbons (Fsp3) is 0.370. The maximum atomic E-state index is 10.7. The van der Waals surface area contributed by atoms with Gasteiger partial charge in [0.15, 0.2) is 5.62 Å². The molecule has 0 unspecified atom stereocenters. The number of anilines is 1. The average Bonchev–Trinajstić information content (AvgIpc) is 3.54. The predicted molar refractivity (Wildman–Crippen MR) is 145 cm³/mol. The van der Waals surface area contributed by atoms with Gasteiger partial charge < -0.3 is 10.1 Å². The van der Waals surface area contributed by atoms with Crippen molar-refractivity contribution in [1.82, 2.24) is 5.32 Å². The number of methoxy groups -OCH3 is 1. The molecule has 2 aromatic carbocycles. The topological polar surface area (TPSA) is 75.7 Å². The summed E-state index contributed by atoms with van der Waals surface area (Å²) in [6, 6.07) is 18.4. The van der Waals surface area contributed by atoms with Gasteiger partial charge in [0.1, 0.15) is 5.75 Å². The van der Waals surface area contributed by atoms with E-state index in [2.05, 4.69) is 5.32 Å². The minimum Gasteiger partial charge on any atom is -0.497 e. The van der Waals surface area contributed by atoms with Crippen molar-refractivity contribution < 1.29 is 19.1 Å². The van der Waals surface area contributed by atoms with Gasteiger partial charge in [0, 0.05) is 17.2 Å². The van der Waals surface area contributed by atoms with Crippen LogP contribution < -0.4 is 15.0 Å². The molecule has 3 aliphatic rings. The highest BCUT2D eigenvalue weighted by atomic mass is 32.2. The van der Waals surface area contributed by atoms with E-state index in [1.54, 1.807) is 31.4 Å². The summed E-state index contributed by atoms with van der Waals surface area (Å²) in [4.78, 5) is 33.4. The molecule has 2 amide bonds. The average molecular weight is 513 g/mol. The number of fused-ring (bicyclic) bond motifs is 5. The molecule has 186 valence electrons. The van der Waals surface area contributed by atoms with Crippen LogP contribution in [-0.2, 0) is 14.4 Å². The molecular formula is C27H32N2O4S2. The van der Waals surface area contributed by atoms with Gasteiger partial charge in [-0.05, 0) is 67.7 Å². The largest absolute Gasteiger partial charge is 0.497 e. The number of hydrogen-bond donors (Lipinski definition) is 1. The van der Waals surface area contributed by atoms with Gasteiger partial charge in [-0.15, -0.1) is 11.8 Å². The Kier molecular flexibility index (Phi) is 10.8. The van der Waals surface area contributed by atoms with Crippen LogP contribution in [0.25, 0.3) is 0 Å². The third-order valence-electron chi connectivity index (χ3n) is 6.61. The van der Waals surface area contributed by atoms with Gasteiger partial charge in [-0.3, -0.25) is 19.3 Å². The fourth-order valence-corrected chi connectivity index (χ4v) is 7.43. The van der Waals surface area contributed by atoms with Crippen LogP contribution in [0.4, 0.5) is 5.69 Å². The molecule has 1 heterocycles. The molecule has 0 radical (unpaired) electrons. The number of nitrogens with zero attached hydrogens (tertiary/aromatic N) is 1. The lowest BCUT2D eigenvalue weighted by Crippen LogP contribution is -2.30. The van der Waals surface area contributed by atoms with Crippen molar-refractivity contribution in [2.75, 3.05) is 19.1 Å². The Bertz CT molecular complexity index is 979. The van der Waals surface area contributed by atoms with Crippen molar-refractivity contribution in [1.29, 1.82) is 0 Å². The number of thioether (sulfide) groups is 2. The summed E-state index contributed by atoms with van der Waals surface area (Å²) < 4.78 is 4.91. The Balaban J connectivity index is 0.000000157. The Labute approximate surface area is 215 Å². The minimum absolute atomic E-state index is 0.475. The molecule has 35 heavy (non-hydrogen) atoms. The highest BCUT2D eigenvalue weighted by molar-refractivity contribution is 8.16. The van der Waals surface area contributed by atoms with E-state index in [1.165, 1.54) is 41.0 Å². The van der Waals surface area contributed by atoms with Crippen LogP contribution in [0.5, 0.6) is 5.75 Å². The predicted octanol–water partition coefficient (Wildman–Crippen LogP) is 5.35. The van der Waals surface area contributed by atoms with Gasteiger partial charge in [-0.2, -0.15) is 0 Å². The van der Waals surface area contributed by atoms with E-state index in [1.807, 2.05) is 55.2 Å². The molecular weight excluding hydrogens is 480 g/mol. The normalized spacial score (nSPS) is 23.5. The highest BCUT2D eigenvalue weighted by Crippen LogP contribution is 2.59. The van der Waals surface area contributed by atoms with Crippen LogP contribution in [0, 0.1) is 17.8 Å². The number of para-hydroxylation sites is 2. The number of carbonyl (C=O) groups is 3. The first-order valence-electron chi connectivity index (χ1n) is 11.7. The first-order chi connectivity index (χ1) is 17.1. The Hall–Kier alpha value is -2.71. The van der Waals surface area contributed by atoms with Crippen molar-refractivity contribution in [3.8, 4) is 5.75 Å². The number of allylic oxidation sites excluding steroid dienone is 1. The summed E-state index contributed by atoms with van der Waals surface area (Å²) in [5, 5.41) is 5.36. The summed E-state index contributed by atoms with van der Waals surface area (Å²) >= 11 is 3.38. The smallest absolute Gasteiger partial charge is 0.220 e. The Morgan fingerprint density at radius 2 is 1.60 bits per heavy atom. The standard InChI is InChI=1S/C12H17NOS2.C8H7NO2.C7H8O/c1-13-12-10(15-6-14)5-9-7-2-3-8(4-7)11(9)16-12;10-6-9(7-11)8-4-2-1-3-5-8;1-8-7-5-3-2-4-6-7/h6-9,11,13H,2-5H2,1H3;1-7H;2-6H,1H3/t7-,8+,9+,11-;;/m1../s1. The molecule has 2 fully saturated rings. The summed E-state index contributed by atoms with van der Waals surface area (Å²) in [5.41, 5.74) is 1.55. The first kappa shape index (κ1) is 26.9. The zero-order valence-corrected chi connectivity index (χ0v) is 21.7. The van der Waals surface area contributed by atoms with E-state index in [4.69, 9.17) is 4.74 Å². The van der Waals surface area contributed by atoms with Crippen molar-refractivity contribution in [2.24, 2.45) is 17.8 Å². The molecule has 2 aromatic rings. The molecule has 5 rings (SSSR count). The number of imide groups is 1. The molecule has 6 nitrogen and oxygen atoms in total. The molecule has 0 aromatic heterocycles. The zero-order chi connectivity index (χ0) is 25.0. The highest BCUT2D eigenvalue weighted by Gasteiger charge is 2.50. The molecule has 4 atom stereocenters. The van der Waals surface area contributed by atoms with E-state index in [0.29, 0.717) is 18.5 Å². The maximum Gasteiger partial charge on any atom is 0.220 e. The van der Waals surface area contributed by atoms with Gasteiger partial charge >= 0.3 is 0 Å². The molecule has 0 saturated heterocycles. The van der Waals surface area contributed by atoms with Crippen LogP contribution >= 0.6 is 23.5 Å². The number of benzene rings is 2. The molecule has 2 saturated carbocycles. The molecule has 0 spiro atoms. The molecule has 2 aliphatic carbocycles. The van der Waals surface area contributed by atoms with Crippen LogP contribution in [0.3, 0.4) is 0 Å². The van der Waals surface area contributed by atoms with E-state index >= 15 is 0 Å². The second kappa shape index (κ2) is 14.0. The molecule has 1 N–H and O–H groups in total.